The lowest BCUT2D eigenvalue weighted by atomic mass is 10.1. The van der Waals surface area contributed by atoms with Gasteiger partial charge in [0.25, 0.3) is 5.91 Å². The van der Waals surface area contributed by atoms with Crippen LogP contribution in [0.15, 0.2) is 46.9 Å². The van der Waals surface area contributed by atoms with Crippen LogP contribution in [0.4, 0.5) is 5.69 Å². The number of nitrogens with one attached hydrogen (secondary N) is 2. The Labute approximate surface area is 153 Å². The molecule has 7 heteroatoms. The monoisotopic (exact) mass is 376 g/mol. The summed E-state index contributed by atoms with van der Waals surface area (Å²) in [5, 5.41) is 6.80. The van der Waals surface area contributed by atoms with Crippen molar-refractivity contribution in [1.82, 2.24) is 5.32 Å². The molecule has 0 radical (unpaired) electrons. The van der Waals surface area contributed by atoms with Crippen molar-refractivity contribution in [1.29, 1.82) is 0 Å². The first kappa shape index (κ1) is 17.3. The molecule has 25 heavy (non-hydrogen) atoms. The molecule has 1 aromatic heterocycles. The predicted octanol–water partition coefficient (Wildman–Crippen LogP) is 4.42. The number of para-hydroxylation sites is 1. The maximum Gasteiger partial charge on any atom is 0.287 e. The summed E-state index contributed by atoms with van der Waals surface area (Å²) in [5.74, 6) is -0.692. The molecule has 0 aliphatic heterocycles. The minimum absolute atomic E-state index is 0.190. The highest BCUT2D eigenvalue weighted by atomic mass is 35.5. The third-order valence-corrected chi connectivity index (χ3v) is 4.23. The second-order valence-corrected chi connectivity index (χ2v) is 6.25. The van der Waals surface area contributed by atoms with E-state index in [1.165, 1.54) is 6.07 Å². The Morgan fingerprint density at radius 2 is 1.88 bits per heavy atom. The molecule has 3 rings (SSSR count). The van der Waals surface area contributed by atoms with Crippen molar-refractivity contribution in [2.45, 2.75) is 6.92 Å². The molecular weight excluding hydrogens is 363 g/mol. The van der Waals surface area contributed by atoms with E-state index in [9.17, 15) is 9.59 Å². The van der Waals surface area contributed by atoms with Crippen molar-refractivity contribution in [3.05, 3.63) is 63.8 Å². The first-order valence-electron chi connectivity index (χ1n) is 7.47. The minimum atomic E-state index is -0.457. The van der Waals surface area contributed by atoms with Gasteiger partial charge in [0.15, 0.2) is 5.76 Å². The van der Waals surface area contributed by atoms with Gasteiger partial charge in [0, 0.05) is 16.0 Å². The van der Waals surface area contributed by atoms with Crippen molar-refractivity contribution >= 4 is 51.7 Å². The molecule has 5 nitrogen and oxygen atoms in total. The second-order valence-electron chi connectivity index (χ2n) is 5.41. The van der Waals surface area contributed by atoms with Gasteiger partial charge in [-0.3, -0.25) is 9.59 Å². The van der Waals surface area contributed by atoms with Crippen LogP contribution < -0.4 is 10.6 Å². The first-order chi connectivity index (χ1) is 12.0. The molecule has 0 aliphatic rings. The van der Waals surface area contributed by atoms with Gasteiger partial charge < -0.3 is 15.1 Å². The van der Waals surface area contributed by atoms with Crippen LogP contribution in [0, 0.1) is 6.92 Å². The molecule has 2 amide bonds. The molecule has 1 heterocycles. The normalized spacial score (nSPS) is 10.7. The largest absolute Gasteiger partial charge is 0.451 e. The number of hydrogen-bond donors (Lipinski definition) is 2. The van der Waals surface area contributed by atoms with Crippen LogP contribution in [-0.2, 0) is 4.79 Å². The molecular formula is C18H14Cl2N2O3. The summed E-state index contributed by atoms with van der Waals surface area (Å²) in [6, 6.07) is 12.1. The quantitative estimate of drug-likeness (QED) is 0.707. The van der Waals surface area contributed by atoms with E-state index in [0.717, 1.165) is 10.9 Å². The lowest BCUT2D eigenvalue weighted by molar-refractivity contribution is -0.115. The third-order valence-electron chi connectivity index (χ3n) is 3.66. The van der Waals surface area contributed by atoms with Gasteiger partial charge in [0.05, 0.1) is 17.3 Å². The summed E-state index contributed by atoms with van der Waals surface area (Å²) in [6.45, 7) is 1.57. The zero-order chi connectivity index (χ0) is 18.0. The highest BCUT2D eigenvalue weighted by molar-refractivity contribution is 6.35. The standard InChI is InChI=1S/C18H14Cl2N2O3/c1-10-12-4-2-3-5-15(12)25-17(10)18(24)21-9-16(23)22-14-8-11(19)6-7-13(14)20/h2-8H,9H2,1H3,(H,21,24)(H,22,23). The van der Waals surface area contributed by atoms with E-state index in [-0.39, 0.29) is 12.3 Å². The predicted molar refractivity (Wildman–Crippen MR) is 98.4 cm³/mol. The van der Waals surface area contributed by atoms with Crippen LogP contribution in [-0.4, -0.2) is 18.4 Å². The number of halogens is 2. The molecule has 2 aromatic carbocycles. The van der Waals surface area contributed by atoms with E-state index in [4.69, 9.17) is 27.6 Å². The fourth-order valence-corrected chi connectivity index (χ4v) is 2.76. The van der Waals surface area contributed by atoms with Crippen LogP contribution in [0.3, 0.4) is 0 Å². The van der Waals surface area contributed by atoms with Crippen molar-refractivity contribution in [2.75, 3.05) is 11.9 Å². The number of hydrogen-bond acceptors (Lipinski definition) is 3. The van der Waals surface area contributed by atoms with Gasteiger partial charge in [0.1, 0.15) is 5.58 Å². The summed E-state index contributed by atoms with van der Waals surface area (Å²) >= 11 is 11.9. The van der Waals surface area contributed by atoms with Gasteiger partial charge in [-0.15, -0.1) is 0 Å². The van der Waals surface area contributed by atoms with Crippen molar-refractivity contribution in [3.8, 4) is 0 Å². The number of rotatable bonds is 4. The van der Waals surface area contributed by atoms with Crippen molar-refractivity contribution in [3.63, 3.8) is 0 Å². The van der Waals surface area contributed by atoms with Crippen LogP contribution in [0.25, 0.3) is 11.0 Å². The van der Waals surface area contributed by atoms with Crippen LogP contribution in [0.1, 0.15) is 16.1 Å². The smallest absolute Gasteiger partial charge is 0.287 e. The van der Waals surface area contributed by atoms with Crippen LogP contribution in [0.2, 0.25) is 10.0 Å². The Balaban J connectivity index is 1.66. The maximum absolute atomic E-state index is 12.3. The zero-order valence-corrected chi connectivity index (χ0v) is 14.7. The van der Waals surface area contributed by atoms with Gasteiger partial charge in [-0.25, -0.2) is 0 Å². The Bertz CT molecular complexity index is 966. The highest BCUT2D eigenvalue weighted by Crippen LogP contribution is 2.26. The molecule has 2 N–H and O–H groups in total. The fraction of sp³-hybridized carbons (Fsp3) is 0.111. The zero-order valence-electron chi connectivity index (χ0n) is 13.2. The minimum Gasteiger partial charge on any atom is -0.451 e. The Hall–Kier alpha value is -2.50. The molecule has 0 saturated heterocycles. The number of furan rings is 1. The summed E-state index contributed by atoms with van der Waals surface area (Å²) < 4.78 is 5.56. The van der Waals surface area contributed by atoms with Gasteiger partial charge >= 0.3 is 0 Å². The van der Waals surface area contributed by atoms with Crippen LogP contribution in [0.5, 0.6) is 0 Å². The topological polar surface area (TPSA) is 71.3 Å². The number of amides is 2. The first-order valence-corrected chi connectivity index (χ1v) is 8.22. The number of fused-ring (bicyclic) bond motifs is 1. The molecule has 0 unspecified atom stereocenters. The highest BCUT2D eigenvalue weighted by Gasteiger charge is 2.18. The summed E-state index contributed by atoms with van der Waals surface area (Å²) in [5.41, 5.74) is 1.74. The van der Waals surface area contributed by atoms with Crippen molar-refractivity contribution < 1.29 is 14.0 Å². The molecule has 0 atom stereocenters. The molecule has 0 spiro atoms. The average Bonchev–Trinajstić information content (AvgIpc) is 2.93. The fourth-order valence-electron chi connectivity index (χ4n) is 2.42. The number of carbonyl (C=O) groups is 2. The van der Waals surface area contributed by atoms with E-state index in [1.54, 1.807) is 25.1 Å². The molecule has 3 aromatic rings. The number of carbonyl (C=O) groups excluding carboxylic acids is 2. The molecule has 0 fully saturated rings. The van der Waals surface area contributed by atoms with E-state index in [2.05, 4.69) is 10.6 Å². The van der Waals surface area contributed by atoms with E-state index in [1.807, 2.05) is 18.2 Å². The maximum atomic E-state index is 12.3. The Morgan fingerprint density at radius 3 is 2.64 bits per heavy atom. The Morgan fingerprint density at radius 1 is 1.12 bits per heavy atom. The van der Waals surface area contributed by atoms with Crippen molar-refractivity contribution in [2.24, 2.45) is 0 Å². The number of aryl methyl sites for hydroxylation is 1. The van der Waals surface area contributed by atoms with Gasteiger partial charge in [-0.1, -0.05) is 41.4 Å². The number of benzene rings is 2. The summed E-state index contributed by atoms with van der Waals surface area (Å²) in [7, 11) is 0. The van der Waals surface area contributed by atoms with Gasteiger partial charge in [-0.2, -0.15) is 0 Å². The van der Waals surface area contributed by atoms with E-state index >= 15 is 0 Å². The SMILES string of the molecule is Cc1c(C(=O)NCC(=O)Nc2cc(Cl)ccc2Cl)oc2ccccc12. The number of anilines is 1. The lowest BCUT2D eigenvalue weighted by Gasteiger charge is -2.08. The molecule has 128 valence electrons. The van der Waals surface area contributed by atoms with Gasteiger partial charge in [0.2, 0.25) is 5.91 Å². The summed E-state index contributed by atoms with van der Waals surface area (Å²) in [6.07, 6.45) is 0. The lowest BCUT2D eigenvalue weighted by Crippen LogP contribution is -2.33. The molecule has 0 aliphatic carbocycles. The van der Waals surface area contributed by atoms with E-state index in [0.29, 0.717) is 21.3 Å². The second kappa shape index (κ2) is 7.17. The summed E-state index contributed by atoms with van der Waals surface area (Å²) in [4.78, 5) is 24.3. The van der Waals surface area contributed by atoms with Crippen LogP contribution >= 0.6 is 23.2 Å². The molecule has 0 saturated carbocycles. The average molecular weight is 377 g/mol. The van der Waals surface area contributed by atoms with E-state index < -0.39 is 11.8 Å². The van der Waals surface area contributed by atoms with Gasteiger partial charge in [-0.05, 0) is 31.2 Å². The molecule has 0 bridgehead atoms. The third kappa shape index (κ3) is 3.78. The Kier molecular flexibility index (Phi) is 4.97.